The minimum absolute atomic E-state index is 0.135. The van der Waals surface area contributed by atoms with Gasteiger partial charge in [-0.3, -0.25) is 14.4 Å². The van der Waals surface area contributed by atoms with Gasteiger partial charge in [-0.25, -0.2) is 4.90 Å². The van der Waals surface area contributed by atoms with Gasteiger partial charge < -0.3 is 15.4 Å². The standard InChI is InChI=1S/C20H20ClN3O4/c1-28-16-8-6-15(7-9-16)24-18(25)12-17(20(24)27)22-10-11-23-19(26)13-2-4-14(21)5-3-13/h2-9,17,22H,10-12H2,1H3,(H,23,26)/p+1/t17-/m1/s1. The minimum Gasteiger partial charge on any atom is -0.497 e. The molecule has 0 radical (unpaired) electrons. The van der Waals surface area contributed by atoms with E-state index in [0.29, 0.717) is 35.1 Å². The van der Waals surface area contributed by atoms with Gasteiger partial charge in [-0.1, -0.05) is 11.6 Å². The second kappa shape index (κ2) is 8.86. The van der Waals surface area contributed by atoms with E-state index in [4.69, 9.17) is 16.3 Å². The van der Waals surface area contributed by atoms with Crippen LogP contribution in [-0.4, -0.2) is 44.0 Å². The number of carbonyl (C=O) groups excluding carboxylic acids is 3. The molecule has 8 heteroatoms. The molecule has 0 unspecified atom stereocenters. The lowest BCUT2D eigenvalue weighted by atomic mass is 10.2. The van der Waals surface area contributed by atoms with Crippen molar-refractivity contribution in [2.24, 2.45) is 0 Å². The third kappa shape index (κ3) is 4.49. The van der Waals surface area contributed by atoms with Gasteiger partial charge in [-0.15, -0.1) is 0 Å². The number of hydrogen-bond donors (Lipinski definition) is 2. The molecule has 3 amide bonds. The number of carbonyl (C=O) groups is 3. The molecule has 1 saturated heterocycles. The van der Waals surface area contributed by atoms with Gasteiger partial charge in [0.05, 0.1) is 32.3 Å². The number of methoxy groups -OCH3 is 1. The molecule has 7 nitrogen and oxygen atoms in total. The molecule has 146 valence electrons. The molecule has 0 aliphatic carbocycles. The molecule has 1 aliphatic heterocycles. The van der Waals surface area contributed by atoms with E-state index in [1.165, 1.54) is 4.90 Å². The van der Waals surface area contributed by atoms with Crippen molar-refractivity contribution in [3.63, 3.8) is 0 Å². The molecular weight excluding hydrogens is 382 g/mol. The average molecular weight is 403 g/mol. The van der Waals surface area contributed by atoms with Gasteiger partial charge >= 0.3 is 0 Å². The van der Waals surface area contributed by atoms with Gasteiger partial charge in [0, 0.05) is 10.6 Å². The van der Waals surface area contributed by atoms with Crippen LogP contribution in [0.25, 0.3) is 0 Å². The van der Waals surface area contributed by atoms with E-state index < -0.39 is 6.04 Å². The smallest absolute Gasteiger partial charge is 0.292 e. The van der Waals surface area contributed by atoms with Crippen molar-refractivity contribution in [3.8, 4) is 5.75 Å². The maximum Gasteiger partial charge on any atom is 0.292 e. The van der Waals surface area contributed by atoms with Crippen molar-refractivity contribution in [1.82, 2.24) is 5.32 Å². The van der Waals surface area contributed by atoms with Crippen LogP contribution in [0, 0.1) is 0 Å². The zero-order chi connectivity index (χ0) is 20.1. The Balaban J connectivity index is 1.50. The SMILES string of the molecule is COc1ccc(N2C(=O)C[C@@H]([NH2+]CCNC(=O)c3ccc(Cl)cc3)C2=O)cc1. The Morgan fingerprint density at radius 3 is 2.50 bits per heavy atom. The number of halogens is 1. The number of nitrogens with two attached hydrogens (primary N) is 1. The summed E-state index contributed by atoms with van der Waals surface area (Å²) in [6, 6.07) is 12.9. The van der Waals surface area contributed by atoms with E-state index in [0.717, 1.165) is 0 Å². The largest absolute Gasteiger partial charge is 0.497 e. The molecule has 0 saturated carbocycles. The van der Waals surface area contributed by atoms with Crippen LogP contribution in [-0.2, 0) is 9.59 Å². The number of ether oxygens (including phenoxy) is 1. The molecule has 1 fully saturated rings. The molecular formula is C20H21ClN3O4+. The Kier molecular flexibility index (Phi) is 6.28. The molecule has 2 aromatic rings. The number of imide groups is 1. The first kappa shape index (κ1) is 19.9. The molecule has 3 rings (SSSR count). The molecule has 0 aromatic heterocycles. The van der Waals surface area contributed by atoms with Crippen molar-refractivity contribution in [2.75, 3.05) is 25.1 Å². The molecule has 3 N–H and O–H groups in total. The maximum absolute atomic E-state index is 12.6. The lowest BCUT2D eigenvalue weighted by molar-refractivity contribution is -0.672. The number of anilines is 1. The van der Waals surface area contributed by atoms with Crippen LogP contribution in [0.2, 0.25) is 5.02 Å². The third-order valence-corrected chi connectivity index (χ3v) is 4.75. The average Bonchev–Trinajstić information content (AvgIpc) is 2.99. The van der Waals surface area contributed by atoms with Gasteiger partial charge in [0.1, 0.15) is 5.75 Å². The lowest BCUT2D eigenvalue weighted by Crippen LogP contribution is -2.92. The van der Waals surface area contributed by atoms with Gasteiger partial charge in [0.2, 0.25) is 5.91 Å². The number of amides is 3. The van der Waals surface area contributed by atoms with E-state index >= 15 is 0 Å². The highest BCUT2D eigenvalue weighted by molar-refractivity contribution is 6.30. The van der Waals surface area contributed by atoms with Crippen LogP contribution < -0.4 is 20.3 Å². The molecule has 1 aliphatic rings. The molecule has 0 spiro atoms. The second-order valence-electron chi connectivity index (χ2n) is 6.36. The summed E-state index contributed by atoms with van der Waals surface area (Å²) in [6.07, 6.45) is 0.135. The van der Waals surface area contributed by atoms with Crippen LogP contribution in [0.4, 0.5) is 5.69 Å². The minimum atomic E-state index is -0.484. The zero-order valence-corrected chi connectivity index (χ0v) is 16.1. The normalized spacial score (nSPS) is 16.4. The fourth-order valence-corrected chi connectivity index (χ4v) is 3.14. The van der Waals surface area contributed by atoms with E-state index in [-0.39, 0.29) is 24.1 Å². The first-order valence-electron chi connectivity index (χ1n) is 8.87. The highest BCUT2D eigenvalue weighted by Gasteiger charge is 2.42. The van der Waals surface area contributed by atoms with Crippen molar-refractivity contribution >= 4 is 35.0 Å². The summed E-state index contributed by atoms with van der Waals surface area (Å²) >= 11 is 5.81. The van der Waals surface area contributed by atoms with Gasteiger partial charge in [0.25, 0.3) is 11.8 Å². The van der Waals surface area contributed by atoms with Crippen LogP contribution in [0.1, 0.15) is 16.8 Å². The lowest BCUT2D eigenvalue weighted by Gasteiger charge is -2.14. The number of rotatable bonds is 7. The number of nitrogens with one attached hydrogen (secondary N) is 1. The Morgan fingerprint density at radius 2 is 1.86 bits per heavy atom. The summed E-state index contributed by atoms with van der Waals surface area (Å²) in [4.78, 5) is 38.1. The van der Waals surface area contributed by atoms with Crippen molar-refractivity contribution in [1.29, 1.82) is 0 Å². The van der Waals surface area contributed by atoms with Crippen molar-refractivity contribution in [3.05, 3.63) is 59.1 Å². The Hall–Kier alpha value is -2.90. The van der Waals surface area contributed by atoms with E-state index in [1.54, 1.807) is 61.0 Å². The number of quaternary nitrogens is 1. The zero-order valence-electron chi connectivity index (χ0n) is 15.4. The Bertz CT molecular complexity index is 868. The molecule has 2 aromatic carbocycles. The van der Waals surface area contributed by atoms with Gasteiger partial charge in [-0.2, -0.15) is 0 Å². The van der Waals surface area contributed by atoms with Crippen LogP contribution >= 0.6 is 11.6 Å². The molecule has 1 atom stereocenters. The first-order valence-corrected chi connectivity index (χ1v) is 9.25. The topological polar surface area (TPSA) is 92.3 Å². The first-order chi connectivity index (χ1) is 13.5. The molecule has 28 heavy (non-hydrogen) atoms. The maximum atomic E-state index is 12.6. The molecule has 1 heterocycles. The summed E-state index contributed by atoms with van der Waals surface area (Å²) in [5.74, 6) is -0.0399. The summed E-state index contributed by atoms with van der Waals surface area (Å²) in [7, 11) is 1.55. The van der Waals surface area contributed by atoms with E-state index in [2.05, 4.69) is 5.32 Å². The van der Waals surface area contributed by atoms with Gasteiger partial charge in [0.15, 0.2) is 6.04 Å². The Morgan fingerprint density at radius 1 is 1.18 bits per heavy atom. The van der Waals surface area contributed by atoms with Crippen LogP contribution in [0.15, 0.2) is 48.5 Å². The van der Waals surface area contributed by atoms with Crippen molar-refractivity contribution in [2.45, 2.75) is 12.5 Å². The van der Waals surface area contributed by atoms with E-state index in [1.807, 2.05) is 0 Å². The fourth-order valence-electron chi connectivity index (χ4n) is 3.02. The third-order valence-electron chi connectivity index (χ3n) is 4.50. The number of hydrogen-bond acceptors (Lipinski definition) is 4. The summed E-state index contributed by atoms with van der Waals surface area (Å²) in [5.41, 5.74) is 1.05. The Labute approximate surface area is 167 Å². The fraction of sp³-hybridized carbons (Fsp3) is 0.250. The quantitative estimate of drug-likeness (QED) is 0.533. The van der Waals surface area contributed by atoms with Gasteiger partial charge in [-0.05, 0) is 48.5 Å². The van der Waals surface area contributed by atoms with Crippen molar-refractivity contribution < 1.29 is 24.4 Å². The number of nitrogens with zero attached hydrogens (tertiary/aromatic N) is 1. The summed E-state index contributed by atoms with van der Waals surface area (Å²) in [5, 5.41) is 5.14. The predicted octanol–water partition coefficient (Wildman–Crippen LogP) is 0.974. The van der Waals surface area contributed by atoms with Crippen LogP contribution in [0.5, 0.6) is 5.75 Å². The predicted molar refractivity (Wildman–Crippen MR) is 104 cm³/mol. The molecule has 0 bridgehead atoms. The van der Waals surface area contributed by atoms with E-state index in [9.17, 15) is 14.4 Å². The van der Waals surface area contributed by atoms with Crippen LogP contribution in [0.3, 0.4) is 0 Å². The highest BCUT2D eigenvalue weighted by Crippen LogP contribution is 2.24. The highest BCUT2D eigenvalue weighted by atomic mass is 35.5. The summed E-state index contributed by atoms with van der Waals surface area (Å²) < 4.78 is 5.09. The number of benzene rings is 2. The second-order valence-corrected chi connectivity index (χ2v) is 6.80. The summed E-state index contributed by atoms with van der Waals surface area (Å²) in [6.45, 7) is 0.863. The monoisotopic (exact) mass is 402 g/mol.